The second kappa shape index (κ2) is 6.11. The van der Waals surface area contributed by atoms with Gasteiger partial charge in [-0.25, -0.2) is 8.42 Å². The molecule has 2 atom stereocenters. The average molecular weight is 312 g/mol. The molecule has 0 bridgehead atoms. The smallest absolute Gasteiger partial charge is 0.269 e. The molecule has 2 rings (SSSR count). The number of nitrogens with zero attached hydrogens (tertiary/aromatic N) is 2. The Bertz CT molecular complexity index is 602. The fraction of sp³-hybridized carbons (Fsp3) is 0.571. The van der Waals surface area contributed by atoms with Crippen LogP contribution >= 0.6 is 0 Å². The van der Waals surface area contributed by atoms with E-state index in [4.69, 9.17) is 0 Å². The first-order valence-corrected chi connectivity index (χ1v) is 8.69. The van der Waals surface area contributed by atoms with E-state index in [1.165, 1.54) is 24.3 Å². The lowest BCUT2D eigenvalue weighted by Gasteiger charge is -2.25. The number of sulfone groups is 1. The lowest BCUT2D eigenvalue weighted by Crippen LogP contribution is -2.36. The Morgan fingerprint density at radius 3 is 2.19 bits per heavy atom. The fourth-order valence-corrected chi connectivity index (χ4v) is 4.05. The zero-order chi connectivity index (χ0) is 15.6. The summed E-state index contributed by atoms with van der Waals surface area (Å²) < 4.78 is 24.6. The number of likely N-dealkylation sites (tertiary alicyclic amines) is 1. The zero-order valence-electron chi connectivity index (χ0n) is 12.2. The van der Waals surface area contributed by atoms with Crippen LogP contribution in [-0.4, -0.2) is 42.6 Å². The third-order valence-corrected chi connectivity index (χ3v) is 5.87. The van der Waals surface area contributed by atoms with Gasteiger partial charge in [-0.3, -0.25) is 15.0 Å². The van der Waals surface area contributed by atoms with Gasteiger partial charge in [0.25, 0.3) is 5.69 Å². The topological polar surface area (TPSA) is 80.5 Å². The predicted molar refractivity (Wildman–Crippen MR) is 80.0 cm³/mol. The third-order valence-electron chi connectivity index (χ3n) is 4.16. The Morgan fingerprint density at radius 1 is 1.19 bits per heavy atom. The highest BCUT2D eigenvalue weighted by Crippen LogP contribution is 2.24. The van der Waals surface area contributed by atoms with Crippen LogP contribution in [0.25, 0.3) is 0 Å². The minimum atomic E-state index is -3.40. The summed E-state index contributed by atoms with van der Waals surface area (Å²) in [5.74, 6) is 0.0412. The van der Waals surface area contributed by atoms with Crippen LogP contribution in [0.4, 0.5) is 5.69 Å². The summed E-state index contributed by atoms with van der Waals surface area (Å²) in [7, 11) is -3.40. The van der Waals surface area contributed by atoms with Gasteiger partial charge < -0.3 is 0 Å². The quantitative estimate of drug-likeness (QED) is 0.615. The summed E-state index contributed by atoms with van der Waals surface area (Å²) in [6, 6.07) is 5.90. The van der Waals surface area contributed by atoms with Gasteiger partial charge in [0, 0.05) is 30.8 Å². The molecule has 0 saturated carbocycles. The highest BCUT2D eigenvalue weighted by Gasteiger charge is 2.28. The summed E-state index contributed by atoms with van der Waals surface area (Å²) in [6.07, 6.45) is 2.19. The lowest BCUT2D eigenvalue weighted by molar-refractivity contribution is -0.384. The Morgan fingerprint density at radius 2 is 1.71 bits per heavy atom. The van der Waals surface area contributed by atoms with Gasteiger partial charge in [-0.2, -0.15) is 0 Å². The fourth-order valence-electron chi connectivity index (χ4n) is 2.81. The molecule has 0 N–H and O–H groups in total. The van der Waals surface area contributed by atoms with Crippen LogP contribution in [0.1, 0.15) is 26.7 Å². The van der Waals surface area contributed by atoms with E-state index in [-0.39, 0.29) is 16.3 Å². The largest absolute Gasteiger partial charge is 0.297 e. The van der Waals surface area contributed by atoms with E-state index >= 15 is 0 Å². The summed E-state index contributed by atoms with van der Waals surface area (Å²) in [6.45, 7) is 4.73. The van der Waals surface area contributed by atoms with Crippen molar-refractivity contribution in [2.24, 2.45) is 0 Å². The standard InChI is InChI=1S/C14H20N2O4S/c1-11-3-4-12(2)15(11)9-10-21(19,20)14-7-5-13(6-8-14)16(17)18/h5-8,11-12H,3-4,9-10H2,1-2H3/t11-,12+. The monoisotopic (exact) mass is 312 g/mol. The first-order chi connectivity index (χ1) is 9.81. The number of non-ortho nitro benzene ring substituents is 1. The predicted octanol–water partition coefficient (Wildman–Crippen LogP) is 2.24. The van der Waals surface area contributed by atoms with Crippen molar-refractivity contribution in [1.82, 2.24) is 4.90 Å². The van der Waals surface area contributed by atoms with E-state index in [9.17, 15) is 18.5 Å². The molecule has 1 fully saturated rings. The molecule has 0 spiro atoms. The molecule has 7 heteroatoms. The molecule has 1 saturated heterocycles. The Hall–Kier alpha value is -1.47. The van der Waals surface area contributed by atoms with Crippen LogP contribution < -0.4 is 0 Å². The van der Waals surface area contributed by atoms with Gasteiger partial charge in [-0.1, -0.05) is 0 Å². The molecule has 1 aliphatic rings. The minimum Gasteiger partial charge on any atom is -0.297 e. The van der Waals surface area contributed by atoms with Crippen molar-refractivity contribution in [2.45, 2.75) is 43.7 Å². The summed E-state index contributed by atoms with van der Waals surface area (Å²) in [5, 5.41) is 10.6. The van der Waals surface area contributed by atoms with Crippen LogP contribution in [0.2, 0.25) is 0 Å². The van der Waals surface area contributed by atoms with Crippen molar-refractivity contribution in [3.8, 4) is 0 Å². The maximum atomic E-state index is 12.3. The summed E-state index contributed by atoms with van der Waals surface area (Å²) in [5.41, 5.74) is -0.101. The van der Waals surface area contributed by atoms with Crippen LogP contribution in [0.15, 0.2) is 29.2 Å². The van der Waals surface area contributed by atoms with Crippen LogP contribution in [0.3, 0.4) is 0 Å². The van der Waals surface area contributed by atoms with Gasteiger partial charge in [0.15, 0.2) is 9.84 Å². The van der Waals surface area contributed by atoms with Crippen LogP contribution in [0.5, 0.6) is 0 Å². The number of rotatable bonds is 5. The van der Waals surface area contributed by atoms with Gasteiger partial charge in [0.05, 0.1) is 15.6 Å². The SMILES string of the molecule is C[C@@H]1CC[C@H](C)N1CCS(=O)(=O)c1ccc([N+](=O)[O-])cc1. The van der Waals surface area contributed by atoms with Crippen LogP contribution in [-0.2, 0) is 9.84 Å². The molecule has 0 aliphatic carbocycles. The molecule has 1 aromatic carbocycles. The molecule has 0 aromatic heterocycles. The molecule has 116 valence electrons. The number of hydrogen-bond donors (Lipinski definition) is 0. The average Bonchev–Trinajstić information content (AvgIpc) is 2.76. The molecule has 1 aliphatic heterocycles. The third kappa shape index (κ3) is 3.59. The van der Waals surface area contributed by atoms with E-state index in [1.807, 2.05) is 0 Å². The van der Waals surface area contributed by atoms with Gasteiger partial charge in [0.2, 0.25) is 0 Å². The maximum absolute atomic E-state index is 12.3. The molecule has 0 unspecified atom stereocenters. The van der Waals surface area contributed by atoms with Crippen molar-refractivity contribution >= 4 is 15.5 Å². The zero-order valence-corrected chi connectivity index (χ0v) is 13.0. The highest BCUT2D eigenvalue weighted by molar-refractivity contribution is 7.91. The molecule has 1 heterocycles. The Labute approximate surface area is 124 Å². The van der Waals surface area contributed by atoms with Crippen molar-refractivity contribution in [3.63, 3.8) is 0 Å². The minimum absolute atomic E-state index is 0.0412. The number of nitro groups is 1. The van der Waals surface area contributed by atoms with E-state index in [1.54, 1.807) is 0 Å². The Balaban J connectivity index is 2.06. The van der Waals surface area contributed by atoms with Crippen molar-refractivity contribution in [3.05, 3.63) is 34.4 Å². The molecule has 0 radical (unpaired) electrons. The van der Waals surface area contributed by atoms with E-state index in [2.05, 4.69) is 18.7 Å². The molecule has 21 heavy (non-hydrogen) atoms. The number of nitro benzene ring substituents is 1. The second-order valence-corrected chi connectivity index (χ2v) is 7.69. The van der Waals surface area contributed by atoms with E-state index in [0.717, 1.165) is 12.8 Å². The first kappa shape index (κ1) is 15.9. The summed E-state index contributed by atoms with van der Waals surface area (Å²) >= 11 is 0. The molecule has 6 nitrogen and oxygen atoms in total. The van der Waals surface area contributed by atoms with Gasteiger partial charge in [0.1, 0.15) is 0 Å². The van der Waals surface area contributed by atoms with E-state index < -0.39 is 14.8 Å². The maximum Gasteiger partial charge on any atom is 0.269 e. The van der Waals surface area contributed by atoms with Crippen molar-refractivity contribution in [1.29, 1.82) is 0 Å². The first-order valence-electron chi connectivity index (χ1n) is 7.04. The van der Waals surface area contributed by atoms with Gasteiger partial charge in [-0.15, -0.1) is 0 Å². The molecule has 1 aromatic rings. The molecular weight excluding hydrogens is 292 g/mol. The van der Waals surface area contributed by atoms with Crippen molar-refractivity contribution in [2.75, 3.05) is 12.3 Å². The van der Waals surface area contributed by atoms with E-state index in [0.29, 0.717) is 18.6 Å². The Kier molecular flexibility index (Phi) is 4.63. The molecule has 0 amide bonds. The van der Waals surface area contributed by atoms with Crippen molar-refractivity contribution < 1.29 is 13.3 Å². The molecular formula is C14H20N2O4S. The summed E-state index contributed by atoms with van der Waals surface area (Å²) in [4.78, 5) is 12.4. The normalized spacial score (nSPS) is 23.3. The highest BCUT2D eigenvalue weighted by atomic mass is 32.2. The number of benzene rings is 1. The van der Waals surface area contributed by atoms with Gasteiger partial charge in [-0.05, 0) is 38.8 Å². The lowest BCUT2D eigenvalue weighted by atomic mass is 10.2. The van der Waals surface area contributed by atoms with Gasteiger partial charge >= 0.3 is 0 Å². The van der Waals surface area contributed by atoms with Crippen LogP contribution in [0, 0.1) is 10.1 Å². The number of hydrogen-bond acceptors (Lipinski definition) is 5. The second-order valence-electron chi connectivity index (χ2n) is 5.58.